The average Bonchev–Trinajstić information content (AvgIpc) is 2.38. The second-order valence-corrected chi connectivity index (χ2v) is 7.12. The van der Waals surface area contributed by atoms with Gasteiger partial charge in [0.1, 0.15) is 0 Å². The van der Waals surface area contributed by atoms with Crippen molar-refractivity contribution in [1.29, 1.82) is 0 Å². The average molecular weight is 271 g/mol. The first kappa shape index (κ1) is 14.9. The van der Waals surface area contributed by atoms with Gasteiger partial charge in [-0.15, -0.1) is 0 Å². The van der Waals surface area contributed by atoms with E-state index in [4.69, 9.17) is 5.53 Å². The first-order valence-electron chi connectivity index (χ1n) is 7.56. The summed E-state index contributed by atoms with van der Waals surface area (Å²) >= 11 is 0. The Morgan fingerprint density at radius 3 is 2.30 bits per heavy atom. The van der Waals surface area contributed by atoms with Gasteiger partial charge in [0.2, 0.25) is 0 Å². The van der Waals surface area contributed by atoms with E-state index < -0.39 is 0 Å². The Bertz CT molecular complexity index is 528. The normalized spacial score (nSPS) is 18.4. The molecule has 2 rings (SSSR count). The Morgan fingerprint density at radius 2 is 1.75 bits per heavy atom. The Balaban J connectivity index is 2.54. The highest BCUT2D eigenvalue weighted by molar-refractivity contribution is 5.37. The van der Waals surface area contributed by atoms with Crippen molar-refractivity contribution in [3.05, 3.63) is 45.3 Å². The van der Waals surface area contributed by atoms with E-state index in [1.807, 2.05) is 0 Å². The van der Waals surface area contributed by atoms with Crippen molar-refractivity contribution in [3.8, 4) is 0 Å². The van der Waals surface area contributed by atoms with Crippen molar-refractivity contribution in [2.75, 3.05) is 0 Å². The molecule has 3 nitrogen and oxygen atoms in total. The van der Waals surface area contributed by atoms with E-state index in [0.717, 1.165) is 25.7 Å². The molecule has 0 bridgehead atoms. The van der Waals surface area contributed by atoms with Crippen LogP contribution in [0.5, 0.6) is 0 Å². The van der Waals surface area contributed by atoms with Gasteiger partial charge < -0.3 is 0 Å². The van der Waals surface area contributed by atoms with Crippen molar-refractivity contribution in [1.82, 2.24) is 0 Å². The number of hydrogen-bond donors (Lipinski definition) is 0. The van der Waals surface area contributed by atoms with Gasteiger partial charge in [0.15, 0.2) is 0 Å². The molecule has 1 fully saturated rings. The zero-order chi connectivity index (χ0) is 14.8. The lowest BCUT2D eigenvalue weighted by Crippen LogP contribution is -2.27. The fourth-order valence-corrected chi connectivity index (χ4v) is 3.15. The van der Waals surface area contributed by atoms with Gasteiger partial charge in [0.05, 0.1) is 5.54 Å². The number of nitrogens with zero attached hydrogens (tertiary/aromatic N) is 3. The molecule has 0 unspecified atom stereocenters. The van der Waals surface area contributed by atoms with Gasteiger partial charge in [-0.05, 0) is 41.8 Å². The van der Waals surface area contributed by atoms with Crippen molar-refractivity contribution in [3.63, 3.8) is 0 Å². The van der Waals surface area contributed by atoms with Gasteiger partial charge in [0, 0.05) is 4.91 Å². The molecule has 1 aliphatic rings. The van der Waals surface area contributed by atoms with Crippen LogP contribution in [0.2, 0.25) is 0 Å². The second kappa shape index (κ2) is 5.49. The van der Waals surface area contributed by atoms with Crippen LogP contribution in [0.1, 0.15) is 69.6 Å². The molecule has 0 atom stereocenters. The molecule has 0 radical (unpaired) electrons. The Kier molecular flexibility index (Phi) is 4.10. The molecular weight excluding hydrogens is 246 g/mol. The summed E-state index contributed by atoms with van der Waals surface area (Å²) in [6, 6.07) is 6.71. The lowest BCUT2D eigenvalue weighted by Gasteiger charge is -2.34. The minimum absolute atomic E-state index is 0.118. The quantitative estimate of drug-likeness (QED) is 0.373. The maximum Gasteiger partial charge on any atom is 0.0738 e. The van der Waals surface area contributed by atoms with E-state index in [1.165, 1.54) is 23.1 Å². The highest BCUT2D eigenvalue weighted by Crippen LogP contribution is 2.42. The third kappa shape index (κ3) is 2.99. The molecule has 0 aromatic heterocycles. The number of benzene rings is 1. The predicted molar refractivity (Wildman–Crippen MR) is 83.8 cm³/mol. The largest absolute Gasteiger partial charge is 0.0826 e. The van der Waals surface area contributed by atoms with E-state index in [2.05, 4.69) is 55.9 Å². The van der Waals surface area contributed by atoms with Gasteiger partial charge in [-0.3, -0.25) is 0 Å². The van der Waals surface area contributed by atoms with Crippen molar-refractivity contribution < 1.29 is 0 Å². The second-order valence-electron chi connectivity index (χ2n) is 7.12. The van der Waals surface area contributed by atoms with Gasteiger partial charge in [-0.2, -0.15) is 0 Å². The summed E-state index contributed by atoms with van der Waals surface area (Å²) in [6.07, 6.45) is 5.50. The first-order chi connectivity index (χ1) is 9.37. The van der Waals surface area contributed by atoms with Crippen molar-refractivity contribution in [2.24, 2.45) is 5.11 Å². The number of rotatable bonds is 2. The van der Waals surface area contributed by atoms with Crippen LogP contribution < -0.4 is 0 Å². The Morgan fingerprint density at radius 1 is 1.10 bits per heavy atom. The summed E-state index contributed by atoms with van der Waals surface area (Å²) < 4.78 is 0. The molecule has 108 valence electrons. The number of hydrogen-bond acceptors (Lipinski definition) is 1. The lowest BCUT2D eigenvalue weighted by molar-refractivity contribution is 0.301. The molecule has 1 saturated carbocycles. The van der Waals surface area contributed by atoms with Crippen molar-refractivity contribution >= 4 is 0 Å². The van der Waals surface area contributed by atoms with Gasteiger partial charge in [0.25, 0.3) is 0 Å². The summed E-state index contributed by atoms with van der Waals surface area (Å²) in [5.41, 5.74) is 12.6. The number of aryl methyl sites for hydroxylation is 1. The molecule has 1 aromatic rings. The first-order valence-corrected chi connectivity index (χ1v) is 7.56. The third-order valence-electron chi connectivity index (χ3n) is 4.40. The molecule has 20 heavy (non-hydrogen) atoms. The summed E-state index contributed by atoms with van der Waals surface area (Å²) in [7, 11) is 0. The van der Waals surface area contributed by atoms with Gasteiger partial charge >= 0.3 is 0 Å². The van der Waals surface area contributed by atoms with Crippen LogP contribution in [-0.2, 0) is 11.0 Å². The van der Waals surface area contributed by atoms with Crippen molar-refractivity contribution in [2.45, 2.75) is 70.8 Å². The van der Waals surface area contributed by atoms with Crippen LogP contribution in [0, 0.1) is 6.92 Å². The highest BCUT2D eigenvalue weighted by atomic mass is 15.2. The summed E-state index contributed by atoms with van der Waals surface area (Å²) in [4.78, 5) is 3.15. The summed E-state index contributed by atoms with van der Waals surface area (Å²) in [5, 5.41) is 4.23. The summed E-state index contributed by atoms with van der Waals surface area (Å²) in [5.74, 6) is 0. The summed E-state index contributed by atoms with van der Waals surface area (Å²) in [6.45, 7) is 8.82. The highest BCUT2D eigenvalue weighted by Gasteiger charge is 2.33. The standard InChI is InChI=1S/C17H25N3/c1-13-10-14(16(2,3)4)12-15(11-13)17(19-20-18)8-6-5-7-9-17/h10-12H,5-9H2,1-4H3. The molecule has 0 saturated heterocycles. The topological polar surface area (TPSA) is 48.8 Å². The smallest absolute Gasteiger partial charge is 0.0738 e. The van der Waals surface area contributed by atoms with E-state index in [-0.39, 0.29) is 11.0 Å². The molecule has 0 heterocycles. The third-order valence-corrected chi connectivity index (χ3v) is 4.40. The van der Waals surface area contributed by atoms with Crippen LogP contribution in [0.25, 0.3) is 10.4 Å². The molecule has 1 aliphatic carbocycles. The van der Waals surface area contributed by atoms with E-state index in [0.29, 0.717) is 0 Å². The van der Waals surface area contributed by atoms with Gasteiger partial charge in [-0.25, -0.2) is 0 Å². The SMILES string of the molecule is Cc1cc(C(C)(C)C)cc(C2(N=[N+]=[N-])CCCCC2)c1. The minimum Gasteiger partial charge on any atom is -0.0826 e. The molecule has 0 aliphatic heterocycles. The van der Waals surface area contributed by atoms with E-state index in [9.17, 15) is 0 Å². The van der Waals surface area contributed by atoms with E-state index in [1.54, 1.807) is 0 Å². The molecular formula is C17H25N3. The Hall–Kier alpha value is -1.47. The molecule has 1 aromatic carbocycles. The monoisotopic (exact) mass is 271 g/mol. The van der Waals surface area contributed by atoms with Crippen LogP contribution in [-0.4, -0.2) is 0 Å². The molecule has 0 spiro atoms. The predicted octanol–water partition coefficient (Wildman–Crippen LogP) is 5.76. The van der Waals surface area contributed by atoms with Crippen LogP contribution in [0.15, 0.2) is 23.3 Å². The fourth-order valence-electron chi connectivity index (χ4n) is 3.15. The molecule has 0 amide bonds. The van der Waals surface area contributed by atoms with E-state index >= 15 is 0 Å². The zero-order valence-electron chi connectivity index (χ0n) is 13.1. The minimum atomic E-state index is -0.320. The fraction of sp³-hybridized carbons (Fsp3) is 0.647. The van der Waals surface area contributed by atoms with Gasteiger partial charge in [-0.1, -0.05) is 68.9 Å². The zero-order valence-corrected chi connectivity index (χ0v) is 13.1. The van der Waals surface area contributed by atoms with Crippen LogP contribution >= 0.6 is 0 Å². The Labute approximate surface area is 122 Å². The van der Waals surface area contributed by atoms with Crippen LogP contribution in [0.4, 0.5) is 0 Å². The maximum absolute atomic E-state index is 9.00. The number of azide groups is 1. The maximum atomic E-state index is 9.00. The lowest BCUT2D eigenvalue weighted by atomic mass is 9.75. The molecule has 3 heteroatoms. The van der Waals surface area contributed by atoms with Crippen LogP contribution in [0.3, 0.4) is 0 Å². The molecule has 0 N–H and O–H groups in total.